The summed E-state index contributed by atoms with van der Waals surface area (Å²) in [5, 5.41) is 2.24. The van der Waals surface area contributed by atoms with Gasteiger partial charge in [-0.3, -0.25) is 0 Å². The first-order chi connectivity index (χ1) is 10.2. The zero-order chi connectivity index (χ0) is 15.0. The summed E-state index contributed by atoms with van der Waals surface area (Å²) in [6.45, 7) is 0. The molecule has 0 bridgehead atoms. The maximum absolute atomic E-state index is 5.39. The summed E-state index contributed by atoms with van der Waals surface area (Å²) < 4.78 is 23.8. The van der Waals surface area contributed by atoms with E-state index in [9.17, 15) is 0 Å². The smallest absolute Gasteiger partial charge is 0.162 e. The van der Waals surface area contributed by atoms with Gasteiger partial charge in [0.15, 0.2) is 23.0 Å². The van der Waals surface area contributed by atoms with Crippen LogP contribution in [0.5, 0.6) is 23.0 Å². The van der Waals surface area contributed by atoms with E-state index in [-0.39, 0.29) is 0 Å². The predicted molar refractivity (Wildman–Crippen MR) is 85.5 cm³/mol. The van der Waals surface area contributed by atoms with Crippen LogP contribution in [-0.4, -0.2) is 28.4 Å². The van der Waals surface area contributed by atoms with Gasteiger partial charge in [-0.25, -0.2) is 0 Å². The molecule has 0 unspecified atom stereocenters. The van der Waals surface area contributed by atoms with E-state index in [1.54, 1.807) is 39.8 Å². The number of methoxy groups -OCH3 is 4. The minimum Gasteiger partial charge on any atom is -0.493 e. The van der Waals surface area contributed by atoms with Crippen molar-refractivity contribution in [2.75, 3.05) is 28.4 Å². The molecule has 1 heterocycles. The molecule has 1 aromatic heterocycles. The summed E-state index contributed by atoms with van der Waals surface area (Å²) in [4.78, 5) is 0. The van der Waals surface area contributed by atoms with Gasteiger partial charge in [-0.1, -0.05) is 0 Å². The van der Waals surface area contributed by atoms with Gasteiger partial charge >= 0.3 is 0 Å². The van der Waals surface area contributed by atoms with Crippen LogP contribution in [0.2, 0.25) is 0 Å². The minimum atomic E-state index is 0.722. The highest BCUT2D eigenvalue weighted by atomic mass is 32.1. The summed E-state index contributed by atoms with van der Waals surface area (Å²) in [6, 6.07) is 7.99. The highest BCUT2D eigenvalue weighted by molar-refractivity contribution is 7.25. The number of fused-ring (bicyclic) bond motifs is 3. The molecule has 0 radical (unpaired) electrons. The number of ether oxygens (including phenoxy) is 4. The van der Waals surface area contributed by atoms with Crippen LogP contribution in [0.15, 0.2) is 24.3 Å². The molecule has 2 aromatic carbocycles. The molecule has 0 aliphatic heterocycles. The van der Waals surface area contributed by atoms with Crippen LogP contribution in [0.1, 0.15) is 0 Å². The van der Waals surface area contributed by atoms with Gasteiger partial charge in [-0.2, -0.15) is 0 Å². The number of hydrogen-bond donors (Lipinski definition) is 0. The Morgan fingerprint density at radius 3 is 1.24 bits per heavy atom. The molecule has 3 rings (SSSR count). The van der Waals surface area contributed by atoms with Crippen molar-refractivity contribution in [1.82, 2.24) is 0 Å². The second-order valence-corrected chi connectivity index (χ2v) is 5.59. The molecule has 0 atom stereocenters. The molecule has 3 aromatic rings. The topological polar surface area (TPSA) is 36.9 Å². The summed E-state index contributed by atoms with van der Waals surface area (Å²) >= 11 is 1.69. The lowest BCUT2D eigenvalue weighted by molar-refractivity contribution is 0.355. The number of benzene rings is 2. The number of rotatable bonds is 4. The van der Waals surface area contributed by atoms with E-state index >= 15 is 0 Å². The zero-order valence-electron chi connectivity index (χ0n) is 12.4. The summed E-state index contributed by atoms with van der Waals surface area (Å²) in [7, 11) is 6.57. The lowest BCUT2D eigenvalue weighted by Gasteiger charge is -2.08. The first-order valence-electron chi connectivity index (χ1n) is 6.42. The van der Waals surface area contributed by atoms with Crippen molar-refractivity contribution in [2.24, 2.45) is 0 Å². The van der Waals surface area contributed by atoms with Gasteiger partial charge in [-0.15, -0.1) is 11.3 Å². The van der Waals surface area contributed by atoms with Crippen LogP contribution in [0.25, 0.3) is 20.2 Å². The van der Waals surface area contributed by atoms with Crippen molar-refractivity contribution >= 4 is 31.5 Å². The largest absolute Gasteiger partial charge is 0.493 e. The Morgan fingerprint density at radius 2 is 0.905 bits per heavy atom. The molecule has 0 aliphatic carbocycles. The van der Waals surface area contributed by atoms with Crippen molar-refractivity contribution in [2.45, 2.75) is 0 Å². The van der Waals surface area contributed by atoms with Gasteiger partial charge in [0.1, 0.15) is 0 Å². The number of hydrogen-bond acceptors (Lipinski definition) is 5. The molecule has 0 saturated carbocycles. The quantitative estimate of drug-likeness (QED) is 0.727. The molecule has 21 heavy (non-hydrogen) atoms. The average Bonchev–Trinajstić information content (AvgIpc) is 2.88. The first-order valence-corrected chi connectivity index (χ1v) is 7.23. The number of thiophene rings is 1. The second-order valence-electron chi connectivity index (χ2n) is 4.51. The summed E-state index contributed by atoms with van der Waals surface area (Å²) in [6.07, 6.45) is 0. The van der Waals surface area contributed by atoms with Crippen LogP contribution in [0.4, 0.5) is 0 Å². The fourth-order valence-corrected chi connectivity index (χ4v) is 3.56. The average molecular weight is 304 g/mol. The van der Waals surface area contributed by atoms with Crippen molar-refractivity contribution < 1.29 is 18.9 Å². The standard InChI is InChI=1S/C16H16O4S/c1-17-11-5-9-10-6-12(18-2)14(20-4)8-16(10)21-15(9)7-13(11)19-3/h5-8H,1-4H3. The molecular weight excluding hydrogens is 288 g/mol. The van der Waals surface area contributed by atoms with E-state index in [0.29, 0.717) is 0 Å². The minimum absolute atomic E-state index is 0.722. The van der Waals surface area contributed by atoms with Crippen LogP contribution < -0.4 is 18.9 Å². The molecule has 0 saturated heterocycles. The van der Waals surface area contributed by atoms with Crippen LogP contribution in [-0.2, 0) is 0 Å². The molecule has 0 fully saturated rings. The van der Waals surface area contributed by atoms with Gasteiger partial charge in [0, 0.05) is 32.3 Å². The third-order valence-corrected chi connectivity index (χ3v) is 4.60. The zero-order valence-corrected chi connectivity index (χ0v) is 13.2. The van der Waals surface area contributed by atoms with E-state index in [1.807, 2.05) is 24.3 Å². The van der Waals surface area contributed by atoms with Crippen molar-refractivity contribution in [3.05, 3.63) is 24.3 Å². The van der Waals surface area contributed by atoms with E-state index in [2.05, 4.69) is 0 Å². The van der Waals surface area contributed by atoms with E-state index in [1.165, 1.54) is 0 Å². The maximum Gasteiger partial charge on any atom is 0.162 e. The van der Waals surface area contributed by atoms with Crippen molar-refractivity contribution in [3.8, 4) is 23.0 Å². The van der Waals surface area contributed by atoms with E-state index < -0.39 is 0 Å². The third-order valence-electron chi connectivity index (χ3n) is 3.48. The Morgan fingerprint density at radius 1 is 0.571 bits per heavy atom. The Hall–Kier alpha value is -2.14. The monoisotopic (exact) mass is 304 g/mol. The van der Waals surface area contributed by atoms with Gasteiger partial charge in [0.25, 0.3) is 0 Å². The Balaban J connectivity index is 2.35. The molecule has 0 spiro atoms. The van der Waals surface area contributed by atoms with E-state index in [0.717, 1.165) is 43.2 Å². The molecule has 5 heteroatoms. The molecular formula is C16H16O4S. The molecule has 110 valence electrons. The lowest BCUT2D eigenvalue weighted by atomic mass is 10.1. The highest BCUT2D eigenvalue weighted by Crippen LogP contribution is 2.44. The van der Waals surface area contributed by atoms with Gasteiger partial charge in [0.2, 0.25) is 0 Å². The molecule has 0 N–H and O–H groups in total. The van der Waals surface area contributed by atoms with Crippen LogP contribution in [0, 0.1) is 0 Å². The Bertz CT molecular complexity index is 741. The van der Waals surface area contributed by atoms with Gasteiger partial charge in [-0.05, 0) is 12.1 Å². The summed E-state index contributed by atoms with van der Waals surface area (Å²) in [5.41, 5.74) is 0. The van der Waals surface area contributed by atoms with Crippen LogP contribution in [0.3, 0.4) is 0 Å². The third kappa shape index (κ3) is 2.14. The Labute approximate surface area is 126 Å². The summed E-state index contributed by atoms with van der Waals surface area (Å²) in [5.74, 6) is 2.91. The van der Waals surface area contributed by atoms with Gasteiger partial charge in [0.05, 0.1) is 28.4 Å². The lowest BCUT2D eigenvalue weighted by Crippen LogP contribution is -1.90. The molecule has 0 aliphatic rings. The molecule has 0 amide bonds. The first kappa shape index (κ1) is 13.8. The SMILES string of the molecule is COc1cc2sc3cc(OC)c(OC)cc3c2cc1OC. The van der Waals surface area contributed by atoms with Gasteiger partial charge < -0.3 is 18.9 Å². The maximum atomic E-state index is 5.39. The fourth-order valence-electron chi connectivity index (χ4n) is 2.43. The van der Waals surface area contributed by atoms with E-state index in [4.69, 9.17) is 18.9 Å². The van der Waals surface area contributed by atoms with Crippen LogP contribution >= 0.6 is 11.3 Å². The predicted octanol–water partition coefficient (Wildman–Crippen LogP) is 4.09. The molecule has 4 nitrogen and oxygen atoms in total. The Kier molecular flexibility index (Phi) is 3.51. The normalized spacial score (nSPS) is 10.9. The second kappa shape index (κ2) is 5.33. The highest BCUT2D eigenvalue weighted by Gasteiger charge is 2.14. The van der Waals surface area contributed by atoms with Crippen molar-refractivity contribution in [3.63, 3.8) is 0 Å². The fraction of sp³-hybridized carbons (Fsp3) is 0.250. The van der Waals surface area contributed by atoms with Crippen molar-refractivity contribution in [1.29, 1.82) is 0 Å².